The Morgan fingerprint density at radius 1 is 1.15 bits per heavy atom. The molecular weight excluding hydrogens is 254 g/mol. The second kappa shape index (κ2) is 4.93. The highest BCUT2D eigenvalue weighted by molar-refractivity contribution is 5.92. The van der Waals surface area contributed by atoms with Gasteiger partial charge in [-0.15, -0.1) is 0 Å². The molecule has 4 heteroatoms. The van der Waals surface area contributed by atoms with Gasteiger partial charge in [-0.1, -0.05) is 43.5 Å². The zero-order valence-electron chi connectivity index (χ0n) is 11.4. The molecule has 3 rings (SSSR count). The summed E-state index contributed by atoms with van der Waals surface area (Å²) >= 11 is 0. The first-order valence-corrected chi connectivity index (χ1v) is 7.26. The second-order valence-electron chi connectivity index (χ2n) is 5.89. The molecular formula is C16H19NO3. The fourth-order valence-electron chi connectivity index (χ4n) is 3.36. The number of fused-ring (bicyclic) bond motifs is 1. The predicted octanol–water partition coefficient (Wildman–Crippen LogP) is 2.23. The molecule has 0 saturated heterocycles. The molecule has 0 spiro atoms. The second-order valence-corrected chi connectivity index (χ2v) is 5.89. The molecule has 1 fully saturated rings. The molecule has 1 aromatic carbocycles. The average molecular weight is 273 g/mol. The molecule has 1 amide bonds. The first-order valence-electron chi connectivity index (χ1n) is 7.26. The largest absolute Gasteiger partial charge is 0.480 e. The van der Waals surface area contributed by atoms with E-state index in [9.17, 15) is 14.7 Å². The van der Waals surface area contributed by atoms with Gasteiger partial charge in [0.05, 0.1) is 5.92 Å². The monoisotopic (exact) mass is 273 g/mol. The minimum absolute atomic E-state index is 0.131. The van der Waals surface area contributed by atoms with Crippen molar-refractivity contribution in [2.45, 2.75) is 50.0 Å². The number of hydrogen-bond acceptors (Lipinski definition) is 2. The Hall–Kier alpha value is -1.84. The van der Waals surface area contributed by atoms with E-state index in [1.54, 1.807) is 0 Å². The van der Waals surface area contributed by atoms with Crippen LogP contribution in [-0.4, -0.2) is 22.5 Å². The summed E-state index contributed by atoms with van der Waals surface area (Å²) in [5.41, 5.74) is 1.20. The predicted molar refractivity (Wildman–Crippen MR) is 74.5 cm³/mol. The van der Waals surface area contributed by atoms with Crippen LogP contribution in [0.5, 0.6) is 0 Å². The van der Waals surface area contributed by atoms with E-state index in [0.29, 0.717) is 12.8 Å². The maximum atomic E-state index is 12.4. The van der Waals surface area contributed by atoms with Gasteiger partial charge in [-0.2, -0.15) is 0 Å². The highest BCUT2D eigenvalue weighted by Gasteiger charge is 2.43. The van der Waals surface area contributed by atoms with Crippen molar-refractivity contribution in [3.8, 4) is 0 Å². The molecule has 2 N–H and O–H groups in total. The molecule has 1 saturated carbocycles. The molecule has 2 aliphatic carbocycles. The minimum Gasteiger partial charge on any atom is -0.480 e. The normalized spacial score (nSPS) is 23.3. The summed E-state index contributed by atoms with van der Waals surface area (Å²) < 4.78 is 0. The van der Waals surface area contributed by atoms with Gasteiger partial charge in [-0.05, 0) is 30.4 Å². The smallest absolute Gasteiger partial charge is 0.329 e. The van der Waals surface area contributed by atoms with E-state index >= 15 is 0 Å². The molecule has 1 unspecified atom stereocenters. The fraction of sp³-hybridized carbons (Fsp3) is 0.500. The lowest BCUT2D eigenvalue weighted by molar-refractivity contribution is -0.149. The number of nitrogens with one attached hydrogen (secondary N) is 1. The zero-order valence-corrected chi connectivity index (χ0v) is 11.4. The van der Waals surface area contributed by atoms with Gasteiger partial charge in [0.15, 0.2) is 0 Å². The van der Waals surface area contributed by atoms with E-state index in [1.807, 2.05) is 24.3 Å². The van der Waals surface area contributed by atoms with E-state index < -0.39 is 11.5 Å². The highest BCUT2D eigenvalue weighted by atomic mass is 16.4. The van der Waals surface area contributed by atoms with Crippen molar-refractivity contribution in [3.63, 3.8) is 0 Å². The Labute approximate surface area is 118 Å². The van der Waals surface area contributed by atoms with Crippen LogP contribution in [0.15, 0.2) is 24.3 Å². The summed E-state index contributed by atoms with van der Waals surface area (Å²) in [6, 6.07) is 7.86. The lowest BCUT2D eigenvalue weighted by Crippen LogP contribution is -2.57. The molecule has 4 nitrogen and oxygen atoms in total. The first kappa shape index (κ1) is 13.2. The Morgan fingerprint density at radius 2 is 1.85 bits per heavy atom. The fourth-order valence-corrected chi connectivity index (χ4v) is 3.36. The first-order chi connectivity index (χ1) is 9.62. The van der Waals surface area contributed by atoms with E-state index in [2.05, 4.69) is 5.32 Å². The van der Waals surface area contributed by atoms with Crippen molar-refractivity contribution >= 4 is 11.9 Å². The molecule has 1 atom stereocenters. The molecule has 106 valence electrons. The van der Waals surface area contributed by atoms with Gasteiger partial charge in [-0.3, -0.25) is 4.79 Å². The summed E-state index contributed by atoms with van der Waals surface area (Å²) in [6.45, 7) is 0. The van der Waals surface area contributed by atoms with Gasteiger partial charge in [0.2, 0.25) is 5.91 Å². The van der Waals surface area contributed by atoms with Crippen LogP contribution in [0, 0.1) is 0 Å². The molecule has 0 aliphatic heterocycles. The van der Waals surface area contributed by atoms with Gasteiger partial charge in [0.1, 0.15) is 5.54 Å². The van der Waals surface area contributed by atoms with Crippen LogP contribution >= 0.6 is 0 Å². The summed E-state index contributed by atoms with van der Waals surface area (Å²) in [5.74, 6) is -1.20. The Balaban J connectivity index is 1.74. The van der Waals surface area contributed by atoms with Crippen molar-refractivity contribution in [1.82, 2.24) is 5.32 Å². The average Bonchev–Trinajstić information content (AvgIpc) is 2.41. The maximum Gasteiger partial charge on any atom is 0.329 e. The standard InChI is InChI=1S/C16H19NO3/c18-14(13-10-11-6-2-3-7-12(11)13)17-16(15(19)20)8-4-1-5-9-16/h2-3,6-7,13H,1,4-5,8-10H2,(H,17,18)(H,19,20). The third-order valence-corrected chi connectivity index (χ3v) is 4.65. The van der Waals surface area contributed by atoms with Crippen LogP contribution in [0.2, 0.25) is 0 Å². The quantitative estimate of drug-likeness (QED) is 0.887. The summed E-state index contributed by atoms with van der Waals surface area (Å²) in [6.07, 6.45) is 4.60. The molecule has 0 heterocycles. The lowest BCUT2D eigenvalue weighted by atomic mass is 9.75. The van der Waals surface area contributed by atoms with Crippen LogP contribution in [0.25, 0.3) is 0 Å². The lowest BCUT2D eigenvalue weighted by Gasteiger charge is -2.37. The van der Waals surface area contributed by atoms with Crippen molar-refractivity contribution < 1.29 is 14.7 Å². The number of rotatable bonds is 3. The van der Waals surface area contributed by atoms with Crippen molar-refractivity contribution in [2.24, 2.45) is 0 Å². The summed E-state index contributed by atoms with van der Waals surface area (Å²) in [4.78, 5) is 24.0. The van der Waals surface area contributed by atoms with Crippen LogP contribution in [0.4, 0.5) is 0 Å². The topological polar surface area (TPSA) is 66.4 Å². The SMILES string of the molecule is O=C(NC1(C(=O)O)CCCCC1)C1Cc2ccccc21. The molecule has 1 aromatic rings. The van der Waals surface area contributed by atoms with E-state index in [-0.39, 0.29) is 11.8 Å². The molecule has 20 heavy (non-hydrogen) atoms. The molecule has 0 aromatic heterocycles. The number of carbonyl (C=O) groups excluding carboxylic acids is 1. The number of carbonyl (C=O) groups is 2. The van der Waals surface area contributed by atoms with Gasteiger partial charge in [-0.25, -0.2) is 4.79 Å². The maximum absolute atomic E-state index is 12.4. The minimum atomic E-state index is -1.04. The van der Waals surface area contributed by atoms with E-state index in [0.717, 1.165) is 31.2 Å². The number of hydrogen-bond donors (Lipinski definition) is 2. The third-order valence-electron chi connectivity index (χ3n) is 4.65. The number of aliphatic carboxylic acids is 1. The third kappa shape index (κ3) is 2.09. The van der Waals surface area contributed by atoms with Crippen molar-refractivity contribution in [2.75, 3.05) is 0 Å². The molecule has 2 aliphatic rings. The van der Waals surface area contributed by atoms with Crippen LogP contribution in [-0.2, 0) is 16.0 Å². The summed E-state index contributed by atoms with van der Waals surface area (Å²) in [5, 5.41) is 12.3. The number of benzene rings is 1. The Morgan fingerprint density at radius 3 is 2.50 bits per heavy atom. The Kier molecular flexibility index (Phi) is 3.24. The van der Waals surface area contributed by atoms with Crippen LogP contribution in [0.3, 0.4) is 0 Å². The molecule has 0 radical (unpaired) electrons. The Bertz CT molecular complexity index is 546. The van der Waals surface area contributed by atoms with Crippen molar-refractivity contribution in [1.29, 1.82) is 0 Å². The van der Waals surface area contributed by atoms with Gasteiger partial charge in [0.25, 0.3) is 0 Å². The molecule has 0 bridgehead atoms. The number of carboxylic acid groups (broad SMARTS) is 1. The van der Waals surface area contributed by atoms with E-state index in [1.165, 1.54) is 5.56 Å². The van der Waals surface area contributed by atoms with Crippen LogP contribution in [0.1, 0.15) is 49.1 Å². The zero-order chi connectivity index (χ0) is 14.2. The van der Waals surface area contributed by atoms with Gasteiger partial charge >= 0.3 is 5.97 Å². The van der Waals surface area contributed by atoms with Crippen molar-refractivity contribution in [3.05, 3.63) is 35.4 Å². The van der Waals surface area contributed by atoms with Crippen LogP contribution < -0.4 is 5.32 Å². The van der Waals surface area contributed by atoms with Gasteiger partial charge < -0.3 is 10.4 Å². The number of amides is 1. The number of carboxylic acids is 1. The highest BCUT2D eigenvalue weighted by Crippen LogP contribution is 2.36. The van der Waals surface area contributed by atoms with E-state index in [4.69, 9.17) is 0 Å². The van der Waals surface area contributed by atoms with Gasteiger partial charge in [0, 0.05) is 0 Å². The summed E-state index contributed by atoms with van der Waals surface area (Å²) in [7, 11) is 0.